The van der Waals surface area contributed by atoms with Crippen molar-refractivity contribution in [1.29, 1.82) is 0 Å². The largest absolute Gasteiger partial charge is 0.391 e. The van der Waals surface area contributed by atoms with Crippen LogP contribution < -0.4 is 5.73 Å². The summed E-state index contributed by atoms with van der Waals surface area (Å²) in [6.45, 7) is 4.76. The molecule has 0 amide bonds. The van der Waals surface area contributed by atoms with E-state index in [9.17, 15) is 5.11 Å². The zero-order valence-electron chi connectivity index (χ0n) is 10.5. The SMILES string of the molecule is CCN1CCCC(O)C1c1cccc(CN)c1. The summed E-state index contributed by atoms with van der Waals surface area (Å²) < 4.78 is 0. The molecule has 0 radical (unpaired) electrons. The van der Waals surface area contributed by atoms with Gasteiger partial charge >= 0.3 is 0 Å². The molecule has 1 fully saturated rings. The third-order valence-electron chi connectivity index (χ3n) is 3.64. The standard InChI is InChI=1S/C14H22N2O/c1-2-16-8-4-7-13(17)14(16)12-6-3-5-11(9-12)10-15/h3,5-6,9,13-14,17H,2,4,7-8,10,15H2,1H3. The van der Waals surface area contributed by atoms with E-state index in [0.717, 1.165) is 31.5 Å². The number of nitrogens with zero attached hydrogens (tertiary/aromatic N) is 1. The van der Waals surface area contributed by atoms with Crippen molar-refractivity contribution in [3.05, 3.63) is 35.4 Å². The van der Waals surface area contributed by atoms with Gasteiger partial charge in [0.25, 0.3) is 0 Å². The molecule has 0 bridgehead atoms. The van der Waals surface area contributed by atoms with Crippen molar-refractivity contribution in [1.82, 2.24) is 4.90 Å². The highest BCUT2D eigenvalue weighted by Gasteiger charge is 2.30. The summed E-state index contributed by atoms with van der Waals surface area (Å²) in [5.74, 6) is 0. The van der Waals surface area contributed by atoms with Crippen molar-refractivity contribution < 1.29 is 5.11 Å². The van der Waals surface area contributed by atoms with Gasteiger partial charge in [-0.3, -0.25) is 4.90 Å². The van der Waals surface area contributed by atoms with E-state index in [4.69, 9.17) is 5.73 Å². The van der Waals surface area contributed by atoms with Crippen molar-refractivity contribution in [3.8, 4) is 0 Å². The van der Waals surface area contributed by atoms with Crippen LogP contribution in [-0.2, 0) is 6.54 Å². The van der Waals surface area contributed by atoms with E-state index < -0.39 is 0 Å². The number of likely N-dealkylation sites (tertiary alicyclic amines) is 1. The maximum Gasteiger partial charge on any atom is 0.0737 e. The van der Waals surface area contributed by atoms with Gasteiger partial charge in [0.1, 0.15) is 0 Å². The van der Waals surface area contributed by atoms with E-state index >= 15 is 0 Å². The molecule has 1 aliphatic rings. The summed E-state index contributed by atoms with van der Waals surface area (Å²) in [4.78, 5) is 2.35. The molecule has 3 N–H and O–H groups in total. The summed E-state index contributed by atoms with van der Waals surface area (Å²) >= 11 is 0. The first-order chi connectivity index (χ1) is 8.26. The van der Waals surface area contributed by atoms with Crippen LogP contribution in [0.15, 0.2) is 24.3 Å². The molecule has 2 atom stereocenters. The molecule has 1 heterocycles. The van der Waals surface area contributed by atoms with Gasteiger partial charge in [-0.1, -0.05) is 31.2 Å². The Morgan fingerprint density at radius 2 is 2.29 bits per heavy atom. The molecule has 94 valence electrons. The molecular formula is C14H22N2O. The summed E-state index contributed by atoms with van der Waals surface area (Å²) in [6.07, 6.45) is 1.73. The third-order valence-corrected chi connectivity index (χ3v) is 3.64. The van der Waals surface area contributed by atoms with Crippen LogP contribution in [0.1, 0.15) is 36.9 Å². The lowest BCUT2D eigenvalue weighted by molar-refractivity contribution is 0.0125. The van der Waals surface area contributed by atoms with Gasteiger partial charge < -0.3 is 10.8 Å². The Morgan fingerprint density at radius 1 is 1.47 bits per heavy atom. The predicted molar refractivity (Wildman–Crippen MR) is 69.6 cm³/mol. The predicted octanol–water partition coefficient (Wildman–Crippen LogP) is 1.66. The summed E-state index contributed by atoms with van der Waals surface area (Å²) in [7, 11) is 0. The van der Waals surface area contributed by atoms with Gasteiger partial charge in [-0.15, -0.1) is 0 Å². The van der Waals surface area contributed by atoms with Gasteiger partial charge in [-0.05, 0) is 37.1 Å². The zero-order chi connectivity index (χ0) is 12.3. The number of hydrogen-bond donors (Lipinski definition) is 2. The number of nitrogens with two attached hydrogens (primary N) is 1. The monoisotopic (exact) mass is 234 g/mol. The van der Waals surface area contributed by atoms with Crippen LogP contribution in [0.4, 0.5) is 0 Å². The van der Waals surface area contributed by atoms with Gasteiger partial charge in [0, 0.05) is 6.54 Å². The normalized spacial score (nSPS) is 26.1. The first kappa shape index (κ1) is 12.6. The molecule has 3 nitrogen and oxygen atoms in total. The average Bonchev–Trinajstić information content (AvgIpc) is 2.38. The Labute approximate surface area is 103 Å². The summed E-state index contributed by atoms with van der Waals surface area (Å²) in [5.41, 5.74) is 8.01. The molecule has 3 heteroatoms. The number of likely N-dealkylation sites (N-methyl/N-ethyl adjacent to an activating group) is 1. The molecule has 0 saturated carbocycles. The van der Waals surface area contributed by atoms with Crippen molar-refractivity contribution in [2.24, 2.45) is 5.73 Å². The van der Waals surface area contributed by atoms with Gasteiger partial charge in [-0.25, -0.2) is 0 Å². The van der Waals surface area contributed by atoms with E-state index in [1.165, 1.54) is 5.56 Å². The van der Waals surface area contributed by atoms with Crippen LogP contribution in [-0.4, -0.2) is 29.2 Å². The first-order valence-electron chi connectivity index (χ1n) is 6.47. The number of aliphatic hydroxyl groups is 1. The molecular weight excluding hydrogens is 212 g/mol. The van der Waals surface area contributed by atoms with E-state index in [2.05, 4.69) is 24.0 Å². The van der Waals surface area contributed by atoms with Gasteiger partial charge in [0.15, 0.2) is 0 Å². The number of aliphatic hydroxyl groups excluding tert-OH is 1. The quantitative estimate of drug-likeness (QED) is 0.836. The second-order valence-corrected chi connectivity index (χ2v) is 4.73. The van der Waals surface area contributed by atoms with Crippen molar-refractivity contribution in [3.63, 3.8) is 0 Å². The third kappa shape index (κ3) is 2.68. The fraction of sp³-hybridized carbons (Fsp3) is 0.571. The van der Waals surface area contributed by atoms with Crippen molar-refractivity contribution in [2.75, 3.05) is 13.1 Å². The second kappa shape index (κ2) is 5.63. The molecule has 2 rings (SSSR count). The number of rotatable bonds is 3. The summed E-state index contributed by atoms with van der Waals surface area (Å²) in [6, 6.07) is 8.44. The smallest absolute Gasteiger partial charge is 0.0737 e. The molecule has 1 saturated heterocycles. The lowest BCUT2D eigenvalue weighted by Crippen LogP contribution is -2.41. The maximum atomic E-state index is 10.2. The van der Waals surface area contributed by atoms with Crippen LogP contribution in [0.25, 0.3) is 0 Å². The van der Waals surface area contributed by atoms with Gasteiger partial charge in [-0.2, -0.15) is 0 Å². The Kier molecular flexibility index (Phi) is 4.15. The van der Waals surface area contributed by atoms with Crippen molar-refractivity contribution in [2.45, 2.75) is 38.5 Å². The van der Waals surface area contributed by atoms with Gasteiger partial charge in [0.05, 0.1) is 12.1 Å². The highest BCUT2D eigenvalue weighted by atomic mass is 16.3. The minimum atomic E-state index is -0.253. The average molecular weight is 234 g/mol. The molecule has 0 aromatic heterocycles. The number of benzene rings is 1. The highest BCUT2D eigenvalue weighted by Crippen LogP contribution is 2.31. The fourth-order valence-corrected chi connectivity index (χ4v) is 2.74. The van der Waals surface area contributed by atoms with Gasteiger partial charge in [0.2, 0.25) is 0 Å². The van der Waals surface area contributed by atoms with Crippen LogP contribution >= 0.6 is 0 Å². The Bertz CT molecular complexity index is 367. The molecule has 2 unspecified atom stereocenters. The Hall–Kier alpha value is -0.900. The zero-order valence-corrected chi connectivity index (χ0v) is 10.5. The number of piperidine rings is 1. The lowest BCUT2D eigenvalue weighted by atomic mass is 9.91. The molecule has 0 spiro atoms. The minimum absolute atomic E-state index is 0.139. The molecule has 1 aromatic rings. The maximum absolute atomic E-state index is 10.2. The van der Waals surface area contributed by atoms with Crippen LogP contribution in [0, 0.1) is 0 Å². The Morgan fingerprint density at radius 3 is 3.00 bits per heavy atom. The van der Waals surface area contributed by atoms with Crippen LogP contribution in [0.3, 0.4) is 0 Å². The van der Waals surface area contributed by atoms with Crippen LogP contribution in [0.2, 0.25) is 0 Å². The topological polar surface area (TPSA) is 49.5 Å². The van der Waals surface area contributed by atoms with E-state index in [-0.39, 0.29) is 12.1 Å². The molecule has 1 aromatic carbocycles. The molecule has 17 heavy (non-hydrogen) atoms. The Balaban J connectivity index is 2.27. The van der Waals surface area contributed by atoms with E-state index in [0.29, 0.717) is 6.54 Å². The summed E-state index contributed by atoms with van der Waals surface area (Å²) in [5, 5.41) is 10.2. The minimum Gasteiger partial charge on any atom is -0.391 e. The molecule has 1 aliphatic heterocycles. The number of hydrogen-bond acceptors (Lipinski definition) is 3. The fourth-order valence-electron chi connectivity index (χ4n) is 2.74. The van der Waals surface area contributed by atoms with E-state index in [1.807, 2.05) is 12.1 Å². The van der Waals surface area contributed by atoms with Crippen LogP contribution in [0.5, 0.6) is 0 Å². The highest BCUT2D eigenvalue weighted by molar-refractivity contribution is 5.27. The first-order valence-corrected chi connectivity index (χ1v) is 6.47. The van der Waals surface area contributed by atoms with Crippen molar-refractivity contribution >= 4 is 0 Å². The lowest BCUT2D eigenvalue weighted by Gasteiger charge is -2.38. The second-order valence-electron chi connectivity index (χ2n) is 4.73. The molecule has 0 aliphatic carbocycles. The van der Waals surface area contributed by atoms with E-state index in [1.54, 1.807) is 0 Å².